The van der Waals surface area contributed by atoms with Crippen molar-refractivity contribution in [2.24, 2.45) is 0 Å². The molecule has 0 saturated heterocycles. The van der Waals surface area contributed by atoms with Crippen LogP contribution >= 0.6 is 30.3 Å². The fraction of sp³-hybridized carbons (Fsp3) is 0.400. The molecule has 0 aliphatic rings. The predicted octanol–water partition coefficient (Wildman–Crippen LogP) is 3.88. The summed E-state index contributed by atoms with van der Waals surface area (Å²) in [5.74, 6) is 0. The number of benzene rings is 1. The summed E-state index contributed by atoms with van der Waals surface area (Å²) in [5.41, 5.74) is 0.727. The molecule has 0 spiro atoms. The van der Waals surface area contributed by atoms with Crippen molar-refractivity contribution in [3.8, 4) is 0 Å². The molecule has 0 aromatic heterocycles. The van der Waals surface area contributed by atoms with Crippen LogP contribution in [0, 0.1) is 3.57 Å². The smallest absolute Gasteiger partial charge is 0.293 e. The van der Waals surface area contributed by atoms with E-state index in [1.54, 1.807) is 13.8 Å². The van der Waals surface area contributed by atoms with Gasteiger partial charge in [-0.25, -0.2) is 4.57 Å². The van der Waals surface area contributed by atoms with Crippen LogP contribution in [0.1, 0.15) is 13.8 Å². The van der Waals surface area contributed by atoms with Gasteiger partial charge >= 0.3 is 7.75 Å². The maximum atomic E-state index is 12.1. The number of halogens is 1. The molecule has 1 aromatic carbocycles. The molecule has 1 N–H and O–H groups in total. The van der Waals surface area contributed by atoms with E-state index in [0.29, 0.717) is 13.2 Å². The van der Waals surface area contributed by atoms with Crippen LogP contribution in [0.15, 0.2) is 24.3 Å². The normalized spacial score (nSPS) is 11.4. The molecule has 0 saturated carbocycles. The third-order valence-electron chi connectivity index (χ3n) is 1.71. The zero-order valence-electron chi connectivity index (χ0n) is 9.27. The Balaban J connectivity index is 2.75. The molecule has 0 amide bonds. The van der Waals surface area contributed by atoms with Gasteiger partial charge in [-0.05, 0) is 60.7 Å². The van der Waals surface area contributed by atoms with Crippen LogP contribution in [0.3, 0.4) is 0 Å². The first-order chi connectivity index (χ1) is 7.59. The lowest BCUT2D eigenvalue weighted by molar-refractivity contribution is 0.225. The Hall–Kier alpha value is -0.100. The van der Waals surface area contributed by atoms with Gasteiger partial charge in [0.05, 0.1) is 13.2 Å². The lowest BCUT2D eigenvalue weighted by atomic mass is 10.3. The van der Waals surface area contributed by atoms with Gasteiger partial charge in [0.1, 0.15) is 0 Å². The molecule has 0 atom stereocenters. The second-order valence-corrected chi connectivity index (χ2v) is 5.93. The van der Waals surface area contributed by atoms with Crippen molar-refractivity contribution < 1.29 is 13.6 Å². The van der Waals surface area contributed by atoms with Gasteiger partial charge in [-0.3, -0.25) is 14.1 Å². The van der Waals surface area contributed by atoms with E-state index in [1.165, 1.54) is 0 Å². The van der Waals surface area contributed by atoms with E-state index >= 15 is 0 Å². The maximum Gasteiger partial charge on any atom is 0.432 e. The average molecular weight is 355 g/mol. The Bertz CT molecular complexity index is 359. The van der Waals surface area contributed by atoms with Crippen LogP contribution < -0.4 is 5.09 Å². The van der Waals surface area contributed by atoms with Crippen molar-refractivity contribution in [2.75, 3.05) is 18.3 Å². The highest BCUT2D eigenvalue weighted by atomic mass is 127. The summed E-state index contributed by atoms with van der Waals surface area (Å²) in [6.45, 7) is 4.24. The molecule has 0 heterocycles. The minimum Gasteiger partial charge on any atom is -0.293 e. The molecule has 0 aliphatic carbocycles. The Morgan fingerprint density at radius 1 is 1.19 bits per heavy atom. The molecular formula is C10H15INO3P. The summed E-state index contributed by atoms with van der Waals surface area (Å²) in [4.78, 5) is 0. The minimum atomic E-state index is -3.21. The standard InChI is InChI=1S/C10H15INO3P/c1-3-14-16(13,15-4-2)12-10-7-5-9(11)6-8-10/h5-8H,3-4H2,1-2H3,(H,12,13). The van der Waals surface area contributed by atoms with Crippen LogP contribution in [0.25, 0.3) is 0 Å². The largest absolute Gasteiger partial charge is 0.432 e. The van der Waals surface area contributed by atoms with Crippen LogP contribution in [-0.2, 0) is 13.6 Å². The molecular weight excluding hydrogens is 340 g/mol. The first kappa shape index (κ1) is 14.0. The molecule has 0 radical (unpaired) electrons. The topological polar surface area (TPSA) is 47.6 Å². The first-order valence-corrected chi connectivity index (χ1v) is 7.64. The van der Waals surface area contributed by atoms with Gasteiger partial charge in [-0.1, -0.05) is 0 Å². The van der Waals surface area contributed by atoms with Crippen molar-refractivity contribution in [1.29, 1.82) is 0 Å². The lowest BCUT2D eigenvalue weighted by Gasteiger charge is -2.18. The zero-order valence-corrected chi connectivity index (χ0v) is 12.3. The number of anilines is 1. The number of hydrogen-bond donors (Lipinski definition) is 1. The highest BCUT2D eigenvalue weighted by Gasteiger charge is 2.23. The van der Waals surface area contributed by atoms with Gasteiger partial charge in [0.2, 0.25) is 0 Å². The highest BCUT2D eigenvalue weighted by Crippen LogP contribution is 2.47. The van der Waals surface area contributed by atoms with E-state index < -0.39 is 7.75 Å². The quantitative estimate of drug-likeness (QED) is 0.622. The second-order valence-electron chi connectivity index (χ2n) is 2.95. The van der Waals surface area contributed by atoms with E-state index in [1.807, 2.05) is 24.3 Å². The third-order valence-corrected chi connectivity index (χ3v) is 4.16. The van der Waals surface area contributed by atoms with Crippen LogP contribution in [0.2, 0.25) is 0 Å². The Labute approximate surface area is 109 Å². The molecule has 0 aliphatic heterocycles. The molecule has 0 unspecified atom stereocenters. The molecule has 1 aromatic rings. The molecule has 90 valence electrons. The second kappa shape index (κ2) is 6.59. The van der Waals surface area contributed by atoms with Crippen LogP contribution in [0.5, 0.6) is 0 Å². The molecule has 16 heavy (non-hydrogen) atoms. The maximum absolute atomic E-state index is 12.1. The highest BCUT2D eigenvalue weighted by molar-refractivity contribution is 14.1. The summed E-state index contributed by atoms with van der Waals surface area (Å²) < 4.78 is 23.5. The molecule has 1 rings (SSSR count). The number of rotatable bonds is 6. The average Bonchev–Trinajstić information content (AvgIpc) is 2.22. The zero-order chi connectivity index (χ0) is 12.0. The monoisotopic (exact) mass is 355 g/mol. The summed E-state index contributed by atoms with van der Waals surface area (Å²) >= 11 is 2.21. The SMILES string of the molecule is CCOP(=O)(Nc1ccc(I)cc1)OCC. The van der Waals surface area contributed by atoms with E-state index in [9.17, 15) is 4.57 Å². The van der Waals surface area contributed by atoms with E-state index in [-0.39, 0.29) is 0 Å². The number of nitrogens with one attached hydrogen (secondary N) is 1. The summed E-state index contributed by atoms with van der Waals surface area (Å²) in [6, 6.07) is 7.52. The van der Waals surface area contributed by atoms with Crippen molar-refractivity contribution in [3.63, 3.8) is 0 Å². The predicted molar refractivity (Wildman–Crippen MR) is 73.6 cm³/mol. The fourth-order valence-electron chi connectivity index (χ4n) is 1.12. The van der Waals surface area contributed by atoms with E-state index in [0.717, 1.165) is 9.26 Å². The molecule has 0 fully saturated rings. The van der Waals surface area contributed by atoms with Crippen molar-refractivity contribution in [2.45, 2.75) is 13.8 Å². The van der Waals surface area contributed by atoms with Crippen LogP contribution in [-0.4, -0.2) is 13.2 Å². The third kappa shape index (κ3) is 4.41. The van der Waals surface area contributed by atoms with E-state index in [2.05, 4.69) is 27.7 Å². The Kier molecular flexibility index (Phi) is 5.75. The van der Waals surface area contributed by atoms with Gasteiger partial charge in [-0.2, -0.15) is 0 Å². The summed E-state index contributed by atoms with van der Waals surface area (Å²) in [6.07, 6.45) is 0. The van der Waals surface area contributed by atoms with Crippen molar-refractivity contribution in [1.82, 2.24) is 0 Å². The van der Waals surface area contributed by atoms with Crippen molar-refractivity contribution in [3.05, 3.63) is 27.8 Å². The Morgan fingerprint density at radius 3 is 2.12 bits per heavy atom. The van der Waals surface area contributed by atoms with Gasteiger partial charge < -0.3 is 0 Å². The van der Waals surface area contributed by atoms with Gasteiger partial charge in [-0.15, -0.1) is 0 Å². The Morgan fingerprint density at radius 2 is 1.69 bits per heavy atom. The molecule has 6 heteroatoms. The van der Waals surface area contributed by atoms with Gasteiger partial charge in [0, 0.05) is 9.26 Å². The molecule has 0 bridgehead atoms. The van der Waals surface area contributed by atoms with Gasteiger partial charge in [0.25, 0.3) is 0 Å². The fourth-order valence-corrected chi connectivity index (χ4v) is 2.83. The number of hydrogen-bond acceptors (Lipinski definition) is 3. The van der Waals surface area contributed by atoms with Gasteiger partial charge in [0.15, 0.2) is 0 Å². The minimum absolute atomic E-state index is 0.342. The molecule has 4 nitrogen and oxygen atoms in total. The van der Waals surface area contributed by atoms with E-state index in [4.69, 9.17) is 9.05 Å². The summed E-state index contributed by atoms with van der Waals surface area (Å²) in [7, 11) is -3.21. The first-order valence-electron chi connectivity index (χ1n) is 5.02. The van der Waals surface area contributed by atoms with Crippen LogP contribution in [0.4, 0.5) is 5.69 Å². The lowest BCUT2D eigenvalue weighted by Crippen LogP contribution is -2.04. The summed E-state index contributed by atoms with van der Waals surface area (Å²) in [5, 5.41) is 2.79. The van der Waals surface area contributed by atoms with Crippen molar-refractivity contribution >= 4 is 36.0 Å².